The van der Waals surface area contributed by atoms with Crippen LogP contribution in [0.5, 0.6) is 0 Å². The summed E-state index contributed by atoms with van der Waals surface area (Å²) in [6.07, 6.45) is 1.68. The van der Waals surface area contributed by atoms with Crippen molar-refractivity contribution in [2.24, 2.45) is 5.73 Å². The van der Waals surface area contributed by atoms with Gasteiger partial charge in [0.2, 0.25) is 0 Å². The molecule has 0 saturated carbocycles. The third-order valence-corrected chi connectivity index (χ3v) is 2.13. The molecule has 0 saturated heterocycles. The molecule has 0 aliphatic rings. The van der Waals surface area contributed by atoms with Gasteiger partial charge in [-0.3, -0.25) is 4.98 Å². The van der Waals surface area contributed by atoms with Gasteiger partial charge in [0.25, 0.3) is 0 Å². The minimum Gasteiger partial charge on any atom is -0.384 e. The molecule has 0 aromatic carbocycles. The van der Waals surface area contributed by atoms with Gasteiger partial charge >= 0.3 is 0 Å². The Hall–Kier alpha value is -0.930. The summed E-state index contributed by atoms with van der Waals surface area (Å²) < 4.78 is 0. The third kappa shape index (κ3) is 2.53. The van der Waals surface area contributed by atoms with Crippen LogP contribution in [0.15, 0.2) is 18.3 Å². The molecular weight excluding hydrogens is 176 g/mol. The smallest absolute Gasteiger partial charge is 0.101 e. The molecule has 3 N–H and O–H groups in total. The molecule has 0 aliphatic carbocycles. The van der Waals surface area contributed by atoms with Crippen LogP contribution in [0.2, 0.25) is 0 Å². The molecule has 1 aromatic heterocycles. The van der Waals surface area contributed by atoms with Gasteiger partial charge in [-0.15, -0.1) is 0 Å². The van der Waals surface area contributed by atoms with Crippen LogP contribution in [0.1, 0.15) is 39.0 Å². The predicted molar refractivity (Wildman–Crippen MR) is 56.7 cm³/mol. The minimum absolute atomic E-state index is 0.400. The second kappa shape index (κ2) is 3.33. The fraction of sp³-hybridized carbons (Fsp3) is 0.545. The van der Waals surface area contributed by atoms with E-state index in [-0.39, 0.29) is 0 Å². The number of nitrogens with zero attached hydrogens (tertiary/aromatic N) is 1. The van der Waals surface area contributed by atoms with Gasteiger partial charge in [-0.25, -0.2) is 0 Å². The normalized spacial score (nSPS) is 13.0. The lowest BCUT2D eigenvalue weighted by molar-refractivity contribution is 0.0737. The summed E-state index contributed by atoms with van der Waals surface area (Å²) in [5, 5.41) is 9.78. The molecule has 0 spiro atoms. The van der Waals surface area contributed by atoms with Crippen LogP contribution in [0.3, 0.4) is 0 Å². The molecule has 0 aliphatic heterocycles. The van der Waals surface area contributed by atoms with E-state index in [0.29, 0.717) is 5.69 Å². The molecule has 3 nitrogen and oxygen atoms in total. The van der Waals surface area contributed by atoms with Crippen LogP contribution >= 0.6 is 0 Å². The summed E-state index contributed by atoms with van der Waals surface area (Å²) in [6.45, 7) is 7.28. The average Bonchev–Trinajstić information content (AvgIpc) is 2.01. The highest BCUT2D eigenvalue weighted by Crippen LogP contribution is 2.22. The van der Waals surface area contributed by atoms with Gasteiger partial charge in [0.15, 0.2) is 0 Å². The molecule has 0 amide bonds. The SMILES string of the molecule is CC(C)(N)c1ccnc(C(C)(C)O)c1. The maximum Gasteiger partial charge on any atom is 0.101 e. The van der Waals surface area contributed by atoms with Crippen molar-refractivity contribution in [2.75, 3.05) is 0 Å². The van der Waals surface area contributed by atoms with E-state index < -0.39 is 11.1 Å². The maximum atomic E-state index is 9.78. The molecule has 1 rings (SSSR count). The van der Waals surface area contributed by atoms with Crippen molar-refractivity contribution in [3.05, 3.63) is 29.6 Å². The second-order valence-corrected chi connectivity index (χ2v) is 4.71. The summed E-state index contributed by atoms with van der Waals surface area (Å²) in [5.41, 5.74) is 6.27. The Bertz CT molecular complexity index is 292. The number of pyridine rings is 1. The summed E-state index contributed by atoms with van der Waals surface area (Å²) >= 11 is 0. The summed E-state index contributed by atoms with van der Waals surface area (Å²) in [5.74, 6) is 0. The van der Waals surface area contributed by atoms with Crippen LogP contribution in [0.25, 0.3) is 0 Å². The van der Waals surface area contributed by atoms with Gasteiger partial charge in [-0.2, -0.15) is 0 Å². The lowest BCUT2D eigenvalue weighted by Crippen LogP contribution is -2.29. The van der Waals surface area contributed by atoms with E-state index in [0.717, 1.165) is 5.56 Å². The van der Waals surface area contributed by atoms with Crippen molar-refractivity contribution in [3.63, 3.8) is 0 Å². The zero-order valence-electron chi connectivity index (χ0n) is 9.20. The lowest BCUT2D eigenvalue weighted by atomic mass is 9.93. The Labute approximate surface area is 85.0 Å². The first-order valence-corrected chi connectivity index (χ1v) is 4.69. The lowest BCUT2D eigenvalue weighted by Gasteiger charge is -2.22. The predicted octanol–water partition coefficient (Wildman–Crippen LogP) is 1.50. The average molecular weight is 194 g/mol. The van der Waals surface area contributed by atoms with E-state index in [9.17, 15) is 5.11 Å². The van der Waals surface area contributed by atoms with Crippen molar-refractivity contribution in [2.45, 2.75) is 38.8 Å². The van der Waals surface area contributed by atoms with E-state index in [1.807, 2.05) is 26.0 Å². The largest absolute Gasteiger partial charge is 0.384 e. The highest BCUT2D eigenvalue weighted by molar-refractivity contribution is 5.25. The van der Waals surface area contributed by atoms with Crippen molar-refractivity contribution < 1.29 is 5.11 Å². The molecule has 0 radical (unpaired) electrons. The molecule has 0 bridgehead atoms. The molecule has 1 heterocycles. The third-order valence-electron chi connectivity index (χ3n) is 2.13. The molecule has 0 atom stereocenters. The topological polar surface area (TPSA) is 59.1 Å². The van der Waals surface area contributed by atoms with Crippen molar-refractivity contribution in [1.82, 2.24) is 4.98 Å². The highest BCUT2D eigenvalue weighted by Gasteiger charge is 2.21. The van der Waals surface area contributed by atoms with Crippen LogP contribution in [-0.4, -0.2) is 10.1 Å². The van der Waals surface area contributed by atoms with E-state index in [4.69, 9.17) is 5.73 Å². The van der Waals surface area contributed by atoms with E-state index in [1.54, 1.807) is 20.0 Å². The van der Waals surface area contributed by atoms with Crippen LogP contribution in [0.4, 0.5) is 0 Å². The molecule has 14 heavy (non-hydrogen) atoms. The Morgan fingerprint density at radius 3 is 2.29 bits per heavy atom. The molecule has 0 fully saturated rings. The first-order chi connectivity index (χ1) is 6.21. The van der Waals surface area contributed by atoms with E-state index >= 15 is 0 Å². The fourth-order valence-electron chi connectivity index (χ4n) is 1.17. The maximum absolute atomic E-state index is 9.78. The standard InChI is InChI=1S/C11H18N2O/c1-10(2,12)8-5-6-13-9(7-8)11(3,4)14/h5-7,14H,12H2,1-4H3. The zero-order valence-corrected chi connectivity index (χ0v) is 9.20. The number of nitrogens with two attached hydrogens (primary N) is 1. The first-order valence-electron chi connectivity index (χ1n) is 4.69. The first kappa shape index (κ1) is 11.1. The molecule has 0 unspecified atom stereocenters. The van der Waals surface area contributed by atoms with Crippen LogP contribution < -0.4 is 5.73 Å². The highest BCUT2D eigenvalue weighted by atomic mass is 16.3. The summed E-state index contributed by atoms with van der Waals surface area (Å²) in [6, 6.07) is 3.72. The Morgan fingerprint density at radius 1 is 1.29 bits per heavy atom. The second-order valence-electron chi connectivity index (χ2n) is 4.71. The molecule has 1 aromatic rings. The number of rotatable bonds is 2. The zero-order chi connectivity index (χ0) is 11.0. The summed E-state index contributed by atoms with van der Waals surface area (Å²) in [7, 11) is 0. The van der Waals surface area contributed by atoms with Gasteiger partial charge in [-0.05, 0) is 45.4 Å². The Balaban J connectivity index is 3.15. The number of aromatic nitrogens is 1. The number of aliphatic hydroxyl groups is 1. The van der Waals surface area contributed by atoms with E-state index in [1.165, 1.54) is 0 Å². The van der Waals surface area contributed by atoms with Crippen LogP contribution in [0, 0.1) is 0 Å². The van der Waals surface area contributed by atoms with Gasteiger partial charge in [0, 0.05) is 11.7 Å². The van der Waals surface area contributed by atoms with Crippen molar-refractivity contribution in [3.8, 4) is 0 Å². The van der Waals surface area contributed by atoms with Crippen LogP contribution in [-0.2, 0) is 11.1 Å². The fourth-order valence-corrected chi connectivity index (χ4v) is 1.17. The van der Waals surface area contributed by atoms with Gasteiger partial charge in [0.1, 0.15) is 5.60 Å². The quantitative estimate of drug-likeness (QED) is 0.750. The monoisotopic (exact) mass is 194 g/mol. The molecular formula is C11H18N2O. The Morgan fingerprint density at radius 2 is 1.86 bits per heavy atom. The number of hydrogen-bond acceptors (Lipinski definition) is 3. The Kier molecular flexibility index (Phi) is 2.65. The van der Waals surface area contributed by atoms with E-state index in [2.05, 4.69) is 4.98 Å². The molecule has 78 valence electrons. The van der Waals surface area contributed by atoms with Crippen molar-refractivity contribution in [1.29, 1.82) is 0 Å². The number of hydrogen-bond donors (Lipinski definition) is 2. The van der Waals surface area contributed by atoms with Crippen molar-refractivity contribution >= 4 is 0 Å². The summed E-state index contributed by atoms with van der Waals surface area (Å²) in [4.78, 5) is 4.12. The molecule has 3 heteroatoms. The van der Waals surface area contributed by atoms with Gasteiger partial charge < -0.3 is 10.8 Å². The minimum atomic E-state index is -0.915. The van der Waals surface area contributed by atoms with Gasteiger partial charge in [0.05, 0.1) is 5.69 Å². The van der Waals surface area contributed by atoms with Gasteiger partial charge in [-0.1, -0.05) is 0 Å².